The average Bonchev–Trinajstić information content (AvgIpc) is 2.52. The van der Waals surface area contributed by atoms with Crippen molar-refractivity contribution in [3.05, 3.63) is 28.8 Å². The number of methoxy groups -OCH3 is 1. The van der Waals surface area contributed by atoms with Gasteiger partial charge in [0.05, 0.1) is 13.7 Å². The normalized spacial score (nSPS) is 29.1. The second kappa shape index (κ2) is 5.81. The van der Waals surface area contributed by atoms with Crippen LogP contribution in [0.15, 0.2) is 12.1 Å². The number of fused-ring (bicyclic) bond motifs is 3. The topological polar surface area (TPSA) is 29.5 Å². The number of rotatable bonds is 3. The van der Waals surface area contributed by atoms with Gasteiger partial charge in [0, 0.05) is 5.41 Å². The van der Waals surface area contributed by atoms with Crippen molar-refractivity contribution in [1.29, 1.82) is 0 Å². The maximum Gasteiger partial charge on any atom is 0.122 e. The molecule has 1 aromatic rings. The summed E-state index contributed by atoms with van der Waals surface area (Å²) in [5.41, 5.74) is 4.34. The Hall–Kier alpha value is -1.02. The smallest absolute Gasteiger partial charge is 0.122 e. The van der Waals surface area contributed by atoms with E-state index in [1.165, 1.54) is 36.0 Å². The van der Waals surface area contributed by atoms with E-state index < -0.39 is 0 Å². The SMILES string of the molecule is COc1cc2c(cc1C(C)C)CCC1C(C)(C)CCCC21CO. The minimum atomic E-state index is -0.0713. The van der Waals surface area contributed by atoms with E-state index in [4.69, 9.17) is 4.74 Å². The predicted octanol–water partition coefficient (Wildman–Crippen LogP) is 4.82. The lowest BCUT2D eigenvalue weighted by molar-refractivity contribution is -0.00522. The van der Waals surface area contributed by atoms with Gasteiger partial charge >= 0.3 is 0 Å². The third kappa shape index (κ3) is 2.50. The zero-order chi connectivity index (χ0) is 16.8. The lowest BCUT2D eigenvalue weighted by Gasteiger charge is -2.55. The summed E-state index contributed by atoms with van der Waals surface area (Å²) < 4.78 is 5.71. The molecule has 2 nitrogen and oxygen atoms in total. The summed E-state index contributed by atoms with van der Waals surface area (Å²) in [6, 6.07) is 4.61. The molecule has 0 bridgehead atoms. The van der Waals surface area contributed by atoms with Gasteiger partial charge in [0.15, 0.2) is 0 Å². The highest BCUT2D eigenvalue weighted by atomic mass is 16.5. The summed E-state index contributed by atoms with van der Waals surface area (Å²) in [5, 5.41) is 10.5. The minimum absolute atomic E-state index is 0.0713. The molecular formula is C21H32O2. The van der Waals surface area contributed by atoms with Gasteiger partial charge in [-0.1, -0.05) is 40.2 Å². The van der Waals surface area contributed by atoms with Crippen LogP contribution in [-0.4, -0.2) is 18.8 Å². The van der Waals surface area contributed by atoms with E-state index in [9.17, 15) is 5.11 Å². The van der Waals surface area contributed by atoms with Crippen LogP contribution in [0.2, 0.25) is 0 Å². The summed E-state index contributed by atoms with van der Waals surface area (Å²) in [7, 11) is 1.77. The van der Waals surface area contributed by atoms with Crippen molar-refractivity contribution in [1.82, 2.24) is 0 Å². The van der Waals surface area contributed by atoms with Crippen LogP contribution in [0.5, 0.6) is 5.75 Å². The maximum atomic E-state index is 10.5. The van der Waals surface area contributed by atoms with E-state index in [1.54, 1.807) is 7.11 Å². The van der Waals surface area contributed by atoms with Crippen LogP contribution < -0.4 is 4.74 Å². The minimum Gasteiger partial charge on any atom is -0.496 e. The van der Waals surface area contributed by atoms with Gasteiger partial charge in [0.2, 0.25) is 0 Å². The Labute approximate surface area is 141 Å². The second-order valence-electron chi connectivity index (χ2n) is 8.65. The van der Waals surface area contributed by atoms with Gasteiger partial charge in [-0.25, -0.2) is 0 Å². The molecule has 0 saturated heterocycles. The molecule has 0 aromatic heterocycles. The quantitative estimate of drug-likeness (QED) is 0.866. The van der Waals surface area contributed by atoms with Crippen molar-refractivity contribution in [2.45, 2.75) is 71.1 Å². The molecule has 1 aromatic carbocycles. The third-order valence-corrected chi connectivity index (χ3v) is 6.65. The number of aliphatic hydroxyl groups excluding tert-OH is 1. The molecule has 2 aliphatic carbocycles. The summed E-state index contributed by atoms with van der Waals surface area (Å²) >= 11 is 0. The monoisotopic (exact) mass is 316 g/mol. The Morgan fingerprint density at radius 1 is 1.26 bits per heavy atom. The van der Waals surface area contributed by atoms with Crippen LogP contribution in [0.4, 0.5) is 0 Å². The van der Waals surface area contributed by atoms with Crippen molar-refractivity contribution in [3.63, 3.8) is 0 Å². The van der Waals surface area contributed by atoms with Crippen molar-refractivity contribution in [3.8, 4) is 5.75 Å². The van der Waals surface area contributed by atoms with Crippen molar-refractivity contribution < 1.29 is 9.84 Å². The highest BCUT2D eigenvalue weighted by Gasteiger charge is 2.52. The zero-order valence-corrected chi connectivity index (χ0v) is 15.4. The van der Waals surface area contributed by atoms with Gasteiger partial charge in [-0.2, -0.15) is 0 Å². The van der Waals surface area contributed by atoms with E-state index in [2.05, 4.69) is 39.8 Å². The van der Waals surface area contributed by atoms with Gasteiger partial charge in [0.25, 0.3) is 0 Å². The van der Waals surface area contributed by atoms with Gasteiger partial charge in [-0.05, 0) is 65.7 Å². The largest absolute Gasteiger partial charge is 0.496 e. The molecule has 2 aliphatic rings. The summed E-state index contributed by atoms with van der Waals surface area (Å²) in [6.07, 6.45) is 5.92. The molecule has 2 heteroatoms. The molecule has 0 aliphatic heterocycles. The number of hydrogen-bond donors (Lipinski definition) is 1. The number of hydrogen-bond acceptors (Lipinski definition) is 2. The van der Waals surface area contributed by atoms with Crippen LogP contribution in [0, 0.1) is 11.3 Å². The molecule has 0 amide bonds. The van der Waals surface area contributed by atoms with Gasteiger partial charge in [-0.3, -0.25) is 0 Å². The van der Waals surface area contributed by atoms with E-state index in [-0.39, 0.29) is 12.0 Å². The van der Waals surface area contributed by atoms with E-state index >= 15 is 0 Å². The molecule has 1 fully saturated rings. The number of aliphatic hydroxyl groups is 1. The van der Waals surface area contributed by atoms with Crippen LogP contribution in [0.1, 0.15) is 76.0 Å². The van der Waals surface area contributed by atoms with E-state index in [0.717, 1.165) is 18.6 Å². The first-order chi connectivity index (χ1) is 10.9. The molecular weight excluding hydrogens is 284 g/mol. The van der Waals surface area contributed by atoms with Crippen LogP contribution in [0.25, 0.3) is 0 Å². The fourth-order valence-electron chi connectivity index (χ4n) is 5.46. The van der Waals surface area contributed by atoms with E-state index in [1.807, 2.05) is 0 Å². The molecule has 1 saturated carbocycles. The number of aryl methyl sites for hydroxylation is 1. The lowest BCUT2D eigenvalue weighted by Crippen LogP contribution is -2.51. The third-order valence-electron chi connectivity index (χ3n) is 6.65. The Balaban J connectivity index is 2.17. The maximum absolute atomic E-state index is 10.5. The van der Waals surface area contributed by atoms with Crippen molar-refractivity contribution >= 4 is 0 Å². The Bertz CT molecular complexity index is 588. The molecule has 2 unspecified atom stereocenters. The van der Waals surface area contributed by atoms with Crippen molar-refractivity contribution in [2.75, 3.05) is 13.7 Å². The molecule has 0 spiro atoms. The highest BCUT2D eigenvalue weighted by Crippen LogP contribution is 2.57. The van der Waals surface area contributed by atoms with Crippen LogP contribution in [-0.2, 0) is 11.8 Å². The first-order valence-electron chi connectivity index (χ1n) is 9.18. The molecule has 0 radical (unpaired) electrons. The predicted molar refractivity (Wildman–Crippen MR) is 95.3 cm³/mol. The molecule has 23 heavy (non-hydrogen) atoms. The standard InChI is InChI=1S/C21H32O2/c1-14(2)16-11-15-7-8-19-20(3,4)9-6-10-21(19,13-22)17(15)12-18(16)23-5/h11-12,14,19,22H,6-10,13H2,1-5H3. The Morgan fingerprint density at radius 2 is 2.00 bits per heavy atom. The molecule has 2 atom stereocenters. The van der Waals surface area contributed by atoms with Crippen LogP contribution >= 0.6 is 0 Å². The fourth-order valence-corrected chi connectivity index (χ4v) is 5.46. The molecule has 0 heterocycles. The van der Waals surface area contributed by atoms with Gasteiger partial charge < -0.3 is 9.84 Å². The molecule has 3 rings (SSSR count). The summed E-state index contributed by atoms with van der Waals surface area (Å²) in [4.78, 5) is 0. The number of ether oxygens (including phenoxy) is 1. The fraction of sp³-hybridized carbons (Fsp3) is 0.714. The first kappa shape index (κ1) is 16.8. The first-order valence-corrected chi connectivity index (χ1v) is 9.18. The Kier molecular flexibility index (Phi) is 4.25. The van der Waals surface area contributed by atoms with Crippen LogP contribution in [0.3, 0.4) is 0 Å². The number of benzene rings is 1. The van der Waals surface area contributed by atoms with Gasteiger partial charge in [-0.15, -0.1) is 0 Å². The molecule has 1 N–H and O–H groups in total. The summed E-state index contributed by atoms with van der Waals surface area (Å²) in [6.45, 7) is 9.50. The molecule has 128 valence electrons. The summed E-state index contributed by atoms with van der Waals surface area (Å²) in [5.74, 6) is 2.02. The highest BCUT2D eigenvalue weighted by molar-refractivity contribution is 5.49. The zero-order valence-electron chi connectivity index (χ0n) is 15.4. The average molecular weight is 316 g/mol. The van der Waals surface area contributed by atoms with E-state index in [0.29, 0.717) is 17.3 Å². The van der Waals surface area contributed by atoms with Gasteiger partial charge in [0.1, 0.15) is 5.75 Å². The van der Waals surface area contributed by atoms with Crippen molar-refractivity contribution in [2.24, 2.45) is 11.3 Å². The lowest BCUT2D eigenvalue weighted by atomic mass is 9.50. The Morgan fingerprint density at radius 3 is 2.61 bits per heavy atom. The second-order valence-corrected chi connectivity index (χ2v) is 8.65.